The molecule has 0 aromatic heterocycles. The molecule has 0 spiro atoms. The number of hydrogen-bond donors (Lipinski definition) is 1. The number of amides is 1. The van der Waals surface area contributed by atoms with E-state index >= 15 is 0 Å². The van der Waals surface area contributed by atoms with Crippen LogP contribution in [-0.2, 0) is 11.3 Å². The molecule has 0 aliphatic rings. The van der Waals surface area contributed by atoms with Crippen molar-refractivity contribution in [2.45, 2.75) is 32.9 Å². The number of nitrogens with zero attached hydrogens (tertiary/aromatic N) is 1. The van der Waals surface area contributed by atoms with Gasteiger partial charge in [-0.1, -0.05) is 0 Å². The van der Waals surface area contributed by atoms with Crippen molar-refractivity contribution < 1.29 is 23.9 Å². The Kier molecular flexibility index (Phi) is 6.36. The van der Waals surface area contributed by atoms with Crippen molar-refractivity contribution in [2.24, 2.45) is 0 Å². The van der Waals surface area contributed by atoms with Crippen molar-refractivity contribution in [3.05, 3.63) is 58.1 Å². The van der Waals surface area contributed by atoms with E-state index in [1.807, 2.05) is 20.8 Å². The van der Waals surface area contributed by atoms with E-state index in [1.54, 1.807) is 18.2 Å². The van der Waals surface area contributed by atoms with Gasteiger partial charge in [-0.05, 0) is 51.1 Å². The monoisotopic (exact) mass is 374 g/mol. The molecule has 0 bridgehead atoms. The number of benzene rings is 2. The lowest BCUT2D eigenvalue weighted by molar-refractivity contribution is -0.384. The smallest absolute Gasteiger partial charge is 0.413 e. The van der Waals surface area contributed by atoms with Gasteiger partial charge in [-0.3, -0.25) is 10.1 Å². The van der Waals surface area contributed by atoms with Gasteiger partial charge in [0.2, 0.25) is 0 Å². The molecule has 0 aliphatic carbocycles. The number of hydrogen-bond acceptors (Lipinski definition) is 6. The van der Waals surface area contributed by atoms with Gasteiger partial charge in [0, 0.05) is 30.3 Å². The molecule has 0 fully saturated rings. The van der Waals surface area contributed by atoms with Crippen LogP contribution < -0.4 is 14.8 Å². The van der Waals surface area contributed by atoms with Crippen LogP contribution in [0.4, 0.5) is 10.5 Å². The van der Waals surface area contributed by atoms with Gasteiger partial charge in [0.1, 0.15) is 17.2 Å². The zero-order valence-electron chi connectivity index (χ0n) is 15.6. The predicted octanol–water partition coefficient (Wildman–Crippen LogP) is 4.42. The van der Waals surface area contributed by atoms with E-state index in [2.05, 4.69) is 5.32 Å². The van der Waals surface area contributed by atoms with E-state index in [9.17, 15) is 14.9 Å². The molecule has 8 heteroatoms. The van der Waals surface area contributed by atoms with Crippen molar-refractivity contribution >= 4 is 11.8 Å². The van der Waals surface area contributed by atoms with Crippen LogP contribution in [0.3, 0.4) is 0 Å². The Balaban J connectivity index is 2.17. The van der Waals surface area contributed by atoms with Gasteiger partial charge in [0.15, 0.2) is 0 Å². The van der Waals surface area contributed by atoms with E-state index in [4.69, 9.17) is 14.2 Å². The maximum atomic E-state index is 11.9. The summed E-state index contributed by atoms with van der Waals surface area (Å²) in [6.07, 6.45) is -0.560. The van der Waals surface area contributed by atoms with E-state index < -0.39 is 16.6 Å². The highest BCUT2D eigenvalue weighted by Crippen LogP contribution is 2.30. The number of rotatable bonds is 6. The summed E-state index contributed by atoms with van der Waals surface area (Å²) in [6.45, 7) is 5.80. The maximum Gasteiger partial charge on any atom is 0.413 e. The normalized spacial score (nSPS) is 11.0. The minimum absolute atomic E-state index is 0.0203. The summed E-state index contributed by atoms with van der Waals surface area (Å²) in [5.41, 5.74) is 0.232. The maximum absolute atomic E-state index is 11.9. The van der Waals surface area contributed by atoms with Gasteiger partial charge in [-0.2, -0.15) is 0 Å². The Morgan fingerprint density at radius 2 is 1.74 bits per heavy atom. The molecule has 0 unspecified atom stereocenters. The topological polar surface area (TPSA) is 99.9 Å². The summed E-state index contributed by atoms with van der Waals surface area (Å²) in [4.78, 5) is 22.2. The van der Waals surface area contributed by atoms with Crippen molar-refractivity contribution in [3.8, 4) is 17.2 Å². The van der Waals surface area contributed by atoms with Gasteiger partial charge >= 0.3 is 6.09 Å². The number of carbonyl (C=O) groups is 1. The average molecular weight is 374 g/mol. The molecule has 0 saturated carbocycles. The van der Waals surface area contributed by atoms with E-state index in [0.29, 0.717) is 22.8 Å². The number of methoxy groups -OCH3 is 1. The molecule has 0 saturated heterocycles. The number of nitrogens with one attached hydrogen (secondary N) is 1. The first-order valence-electron chi connectivity index (χ1n) is 8.22. The molecule has 0 radical (unpaired) electrons. The second-order valence-electron chi connectivity index (χ2n) is 6.82. The highest BCUT2D eigenvalue weighted by Gasteiger charge is 2.16. The average Bonchev–Trinajstić information content (AvgIpc) is 2.56. The highest BCUT2D eigenvalue weighted by molar-refractivity contribution is 5.71. The molecule has 2 aromatic rings. The van der Waals surface area contributed by atoms with Crippen molar-refractivity contribution in [2.75, 3.05) is 7.11 Å². The molecule has 144 valence electrons. The fraction of sp³-hybridized carbons (Fsp3) is 0.316. The predicted molar refractivity (Wildman–Crippen MR) is 99.2 cm³/mol. The molecule has 0 aliphatic heterocycles. The summed E-state index contributed by atoms with van der Waals surface area (Å²) in [6, 6.07) is 10.6. The second kappa shape index (κ2) is 8.50. The highest BCUT2D eigenvalue weighted by atomic mass is 16.6. The number of non-ortho nitro benzene ring substituents is 1. The molecule has 1 N–H and O–H groups in total. The fourth-order valence-corrected chi connectivity index (χ4v) is 2.19. The first-order valence-corrected chi connectivity index (χ1v) is 8.22. The summed E-state index contributed by atoms with van der Waals surface area (Å²) >= 11 is 0. The van der Waals surface area contributed by atoms with Crippen LogP contribution in [0.2, 0.25) is 0 Å². The van der Waals surface area contributed by atoms with Crippen LogP contribution in [-0.4, -0.2) is 23.7 Å². The third-order valence-electron chi connectivity index (χ3n) is 3.29. The first-order chi connectivity index (χ1) is 12.7. The van der Waals surface area contributed by atoms with Gasteiger partial charge < -0.3 is 19.5 Å². The SMILES string of the molecule is COCc1cc(OC(=O)NC(C)(C)C)ccc1Oc1ccc([N+](=O)[O-])cc1. The number of nitro groups is 1. The van der Waals surface area contributed by atoms with Crippen LogP contribution in [0, 0.1) is 10.1 Å². The lowest BCUT2D eigenvalue weighted by Crippen LogP contribution is -2.42. The minimum atomic E-state index is -0.560. The van der Waals surface area contributed by atoms with Crippen molar-refractivity contribution in [3.63, 3.8) is 0 Å². The zero-order valence-corrected chi connectivity index (χ0v) is 15.6. The Morgan fingerprint density at radius 3 is 2.30 bits per heavy atom. The second-order valence-corrected chi connectivity index (χ2v) is 6.82. The Labute approximate surface area is 157 Å². The summed E-state index contributed by atoms with van der Waals surface area (Å²) in [5.74, 6) is 1.28. The zero-order chi connectivity index (χ0) is 20.0. The van der Waals surface area contributed by atoms with E-state index in [-0.39, 0.29) is 12.3 Å². The number of carbonyl (C=O) groups excluding carboxylic acids is 1. The molecule has 27 heavy (non-hydrogen) atoms. The molecular weight excluding hydrogens is 352 g/mol. The quantitative estimate of drug-likeness (QED) is 0.593. The number of ether oxygens (including phenoxy) is 3. The Morgan fingerprint density at radius 1 is 1.11 bits per heavy atom. The molecule has 1 amide bonds. The van der Waals surface area contributed by atoms with Crippen LogP contribution in [0.15, 0.2) is 42.5 Å². The standard InChI is InChI=1S/C19H22N2O6/c1-19(2,3)20-18(22)27-16-9-10-17(13(11-16)12-25-4)26-15-7-5-14(6-8-15)21(23)24/h5-11H,12H2,1-4H3,(H,20,22). The summed E-state index contributed by atoms with van der Waals surface area (Å²) < 4.78 is 16.2. The van der Waals surface area contributed by atoms with Gasteiger partial charge in [-0.25, -0.2) is 4.79 Å². The molecule has 2 rings (SSSR count). The Hall–Kier alpha value is -3.13. The molecular formula is C19H22N2O6. The summed E-state index contributed by atoms with van der Waals surface area (Å²) in [5, 5.41) is 13.4. The molecule has 0 heterocycles. The molecule has 8 nitrogen and oxygen atoms in total. The van der Waals surface area contributed by atoms with Crippen LogP contribution in [0.25, 0.3) is 0 Å². The van der Waals surface area contributed by atoms with Crippen LogP contribution in [0.5, 0.6) is 17.2 Å². The molecule has 2 aromatic carbocycles. The number of nitro benzene ring substituents is 1. The van der Waals surface area contributed by atoms with Crippen LogP contribution in [0.1, 0.15) is 26.3 Å². The van der Waals surface area contributed by atoms with Crippen molar-refractivity contribution in [1.82, 2.24) is 5.32 Å². The summed E-state index contributed by atoms with van der Waals surface area (Å²) in [7, 11) is 1.54. The van der Waals surface area contributed by atoms with Crippen molar-refractivity contribution in [1.29, 1.82) is 0 Å². The van der Waals surface area contributed by atoms with Gasteiger partial charge in [0.05, 0.1) is 11.5 Å². The third kappa shape index (κ3) is 6.27. The van der Waals surface area contributed by atoms with E-state index in [0.717, 1.165) is 0 Å². The Bertz CT molecular complexity index is 812. The first kappa shape index (κ1) is 20.2. The lowest BCUT2D eigenvalue weighted by atomic mass is 10.1. The minimum Gasteiger partial charge on any atom is -0.457 e. The van der Waals surface area contributed by atoms with E-state index in [1.165, 1.54) is 31.4 Å². The van der Waals surface area contributed by atoms with Gasteiger partial charge in [0.25, 0.3) is 5.69 Å². The largest absolute Gasteiger partial charge is 0.457 e. The third-order valence-corrected chi connectivity index (χ3v) is 3.29. The molecule has 0 atom stereocenters. The van der Waals surface area contributed by atoms with Crippen LogP contribution >= 0.6 is 0 Å². The lowest BCUT2D eigenvalue weighted by Gasteiger charge is -2.20. The van der Waals surface area contributed by atoms with Gasteiger partial charge in [-0.15, -0.1) is 0 Å². The fourth-order valence-electron chi connectivity index (χ4n) is 2.19.